The van der Waals surface area contributed by atoms with Crippen LogP contribution in [0, 0.1) is 0 Å². The van der Waals surface area contributed by atoms with Crippen LogP contribution in [0.25, 0.3) is 6.08 Å². The largest absolute Gasteiger partial charge is 0.496 e. The number of unbranched alkanes of at least 4 members (excludes halogenated alkanes) is 7. The first-order valence-corrected chi connectivity index (χ1v) is 9.98. The van der Waals surface area contributed by atoms with Crippen molar-refractivity contribution in [2.45, 2.75) is 58.3 Å². The van der Waals surface area contributed by atoms with E-state index in [9.17, 15) is 14.4 Å². The highest BCUT2D eigenvalue weighted by molar-refractivity contribution is 6.21. The van der Waals surface area contributed by atoms with E-state index < -0.39 is 5.97 Å². The van der Waals surface area contributed by atoms with Crippen LogP contribution in [0.4, 0.5) is 0 Å². The molecule has 0 spiro atoms. The van der Waals surface area contributed by atoms with Crippen LogP contribution in [0.2, 0.25) is 0 Å². The summed E-state index contributed by atoms with van der Waals surface area (Å²) in [5.74, 6) is -1.36. The van der Waals surface area contributed by atoms with Crippen molar-refractivity contribution in [3.63, 3.8) is 0 Å². The van der Waals surface area contributed by atoms with Crippen LogP contribution in [0.5, 0.6) is 5.75 Å². The van der Waals surface area contributed by atoms with Gasteiger partial charge in [0, 0.05) is 18.2 Å². The van der Waals surface area contributed by atoms with Gasteiger partial charge in [-0.1, -0.05) is 51.9 Å². The van der Waals surface area contributed by atoms with Gasteiger partial charge < -0.3 is 9.84 Å². The van der Waals surface area contributed by atoms with Crippen molar-refractivity contribution in [3.05, 3.63) is 34.9 Å². The zero-order chi connectivity index (χ0) is 20.5. The van der Waals surface area contributed by atoms with Crippen molar-refractivity contribution in [3.8, 4) is 5.75 Å². The number of carboxylic acid groups (broad SMARTS) is 1. The van der Waals surface area contributed by atoms with Crippen molar-refractivity contribution in [1.29, 1.82) is 0 Å². The van der Waals surface area contributed by atoms with Crippen LogP contribution in [0.1, 0.15) is 84.6 Å². The number of carboxylic acids is 1. The average Bonchev–Trinajstić information content (AvgIpc) is 2.91. The third-order valence-electron chi connectivity index (χ3n) is 4.96. The first-order valence-electron chi connectivity index (χ1n) is 9.98. The van der Waals surface area contributed by atoms with Crippen LogP contribution in [-0.4, -0.2) is 41.4 Å². The molecule has 1 N–H and O–H groups in total. The molecule has 0 fully saturated rings. The maximum Gasteiger partial charge on any atom is 0.328 e. The molecule has 0 aliphatic carbocycles. The van der Waals surface area contributed by atoms with Crippen LogP contribution in [-0.2, 0) is 4.79 Å². The number of nitrogens with zero attached hydrogens (tertiary/aromatic N) is 1. The summed E-state index contributed by atoms with van der Waals surface area (Å²) in [7, 11) is 1.44. The second-order valence-corrected chi connectivity index (χ2v) is 7.05. The quantitative estimate of drug-likeness (QED) is 0.324. The lowest BCUT2D eigenvalue weighted by atomic mass is 10.0. The van der Waals surface area contributed by atoms with E-state index in [4.69, 9.17) is 9.84 Å². The number of carbonyl (C=O) groups excluding carboxylic acids is 2. The zero-order valence-electron chi connectivity index (χ0n) is 16.7. The summed E-state index contributed by atoms with van der Waals surface area (Å²) >= 11 is 0. The third kappa shape index (κ3) is 5.44. The molecule has 1 aromatic rings. The lowest BCUT2D eigenvalue weighted by Gasteiger charge is -2.13. The Morgan fingerprint density at radius 2 is 1.57 bits per heavy atom. The Hall–Kier alpha value is -2.63. The molecule has 1 aromatic carbocycles. The SMILES string of the molecule is CCCCCCCCCCN1C(=O)c2cc(C=CC(=O)O)c(OC)cc2C1=O. The summed E-state index contributed by atoms with van der Waals surface area (Å²) in [4.78, 5) is 37.3. The standard InChI is InChI=1S/C22H29NO5/c1-3-4-5-6-7-8-9-10-13-23-21(26)17-14-16(11-12-20(24)25)19(28-2)15-18(17)22(23)27/h11-12,14-15H,3-10,13H2,1-2H3,(H,24,25). The molecule has 0 unspecified atom stereocenters. The summed E-state index contributed by atoms with van der Waals surface area (Å²) in [6.07, 6.45) is 11.5. The Morgan fingerprint density at radius 3 is 2.14 bits per heavy atom. The maximum absolute atomic E-state index is 12.7. The monoisotopic (exact) mass is 387 g/mol. The van der Waals surface area contributed by atoms with Crippen LogP contribution < -0.4 is 4.74 Å². The predicted molar refractivity (Wildman–Crippen MR) is 108 cm³/mol. The lowest BCUT2D eigenvalue weighted by molar-refractivity contribution is -0.131. The van der Waals surface area contributed by atoms with Gasteiger partial charge in [-0.25, -0.2) is 4.79 Å². The second-order valence-electron chi connectivity index (χ2n) is 7.05. The fraction of sp³-hybridized carbons (Fsp3) is 0.500. The number of aliphatic carboxylic acids is 1. The number of fused-ring (bicyclic) bond motifs is 1. The molecule has 0 bridgehead atoms. The van der Waals surface area contributed by atoms with Gasteiger partial charge in [-0.3, -0.25) is 14.5 Å². The summed E-state index contributed by atoms with van der Waals surface area (Å²) in [5.41, 5.74) is 1.07. The van der Waals surface area contributed by atoms with E-state index in [-0.39, 0.29) is 11.8 Å². The Morgan fingerprint density at radius 1 is 1.00 bits per heavy atom. The molecule has 0 saturated heterocycles. The minimum atomic E-state index is -1.10. The number of benzene rings is 1. The van der Waals surface area contributed by atoms with E-state index in [2.05, 4.69) is 6.92 Å². The van der Waals surface area contributed by atoms with E-state index in [1.54, 1.807) is 0 Å². The number of amides is 2. The highest BCUT2D eigenvalue weighted by Crippen LogP contribution is 2.31. The molecule has 2 rings (SSSR count). The maximum atomic E-state index is 12.7. The summed E-state index contributed by atoms with van der Waals surface area (Å²) < 4.78 is 5.25. The van der Waals surface area contributed by atoms with Gasteiger partial charge in [0.15, 0.2) is 0 Å². The molecule has 6 nitrogen and oxygen atoms in total. The number of hydrogen-bond acceptors (Lipinski definition) is 4. The van der Waals surface area contributed by atoms with Gasteiger partial charge in [-0.05, 0) is 24.6 Å². The molecular weight excluding hydrogens is 358 g/mol. The van der Waals surface area contributed by atoms with E-state index >= 15 is 0 Å². The summed E-state index contributed by atoms with van der Waals surface area (Å²) in [6.45, 7) is 2.60. The zero-order valence-corrected chi connectivity index (χ0v) is 16.7. The number of carbonyl (C=O) groups is 3. The molecule has 0 atom stereocenters. The highest BCUT2D eigenvalue weighted by Gasteiger charge is 2.36. The van der Waals surface area contributed by atoms with Gasteiger partial charge in [-0.2, -0.15) is 0 Å². The molecular formula is C22H29NO5. The highest BCUT2D eigenvalue weighted by atomic mass is 16.5. The Balaban J connectivity index is 1.97. The first kappa shape index (κ1) is 21.7. The van der Waals surface area contributed by atoms with Crippen molar-refractivity contribution in [2.24, 2.45) is 0 Å². The molecule has 152 valence electrons. The van der Waals surface area contributed by atoms with Gasteiger partial charge in [0.25, 0.3) is 11.8 Å². The van der Waals surface area contributed by atoms with Crippen molar-refractivity contribution in [1.82, 2.24) is 4.90 Å². The second kappa shape index (κ2) is 10.6. The van der Waals surface area contributed by atoms with Gasteiger partial charge in [0.05, 0.1) is 18.2 Å². The number of methoxy groups -OCH3 is 1. The van der Waals surface area contributed by atoms with E-state index in [1.165, 1.54) is 62.3 Å². The van der Waals surface area contributed by atoms with Crippen LogP contribution in [0.3, 0.4) is 0 Å². The fourth-order valence-electron chi connectivity index (χ4n) is 3.41. The smallest absolute Gasteiger partial charge is 0.328 e. The Bertz CT molecular complexity index is 754. The Labute approximate surface area is 166 Å². The molecule has 0 radical (unpaired) electrons. The van der Waals surface area contributed by atoms with Crippen molar-refractivity contribution >= 4 is 23.9 Å². The number of imide groups is 1. The van der Waals surface area contributed by atoms with E-state index in [0.717, 1.165) is 25.3 Å². The van der Waals surface area contributed by atoms with Gasteiger partial charge in [0.2, 0.25) is 0 Å². The average molecular weight is 387 g/mol. The van der Waals surface area contributed by atoms with Gasteiger partial charge in [-0.15, -0.1) is 0 Å². The summed E-state index contributed by atoms with van der Waals surface area (Å²) in [5, 5.41) is 8.81. The predicted octanol–water partition coefficient (Wildman–Crippen LogP) is 4.53. The molecule has 0 aromatic heterocycles. The molecule has 1 heterocycles. The summed E-state index contributed by atoms with van der Waals surface area (Å²) in [6, 6.07) is 3.05. The first-order chi connectivity index (χ1) is 13.5. The third-order valence-corrected chi connectivity index (χ3v) is 4.96. The van der Waals surface area contributed by atoms with E-state index in [1.807, 2.05) is 0 Å². The van der Waals surface area contributed by atoms with Crippen LogP contribution >= 0.6 is 0 Å². The number of rotatable bonds is 12. The minimum absolute atomic E-state index is 0.301. The van der Waals surface area contributed by atoms with Gasteiger partial charge >= 0.3 is 5.97 Å². The fourth-order valence-corrected chi connectivity index (χ4v) is 3.41. The minimum Gasteiger partial charge on any atom is -0.496 e. The molecule has 1 aliphatic heterocycles. The van der Waals surface area contributed by atoms with Gasteiger partial charge in [0.1, 0.15) is 5.75 Å². The molecule has 6 heteroatoms. The lowest BCUT2D eigenvalue weighted by Crippen LogP contribution is -2.30. The van der Waals surface area contributed by atoms with Crippen LogP contribution in [0.15, 0.2) is 18.2 Å². The van der Waals surface area contributed by atoms with E-state index in [0.29, 0.717) is 29.0 Å². The molecule has 2 amide bonds. The van der Waals surface area contributed by atoms with Crippen molar-refractivity contribution in [2.75, 3.05) is 13.7 Å². The number of ether oxygens (including phenoxy) is 1. The number of hydrogen-bond donors (Lipinski definition) is 1. The molecule has 28 heavy (non-hydrogen) atoms. The topological polar surface area (TPSA) is 83.9 Å². The Kier molecular flexibility index (Phi) is 8.23. The molecule has 1 aliphatic rings. The van der Waals surface area contributed by atoms with Crippen molar-refractivity contribution < 1.29 is 24.2 Å². The molecule has 0 saturated carbocycles. The normalized spacial score (nSPS) is 13.4.